The quantitative estimate of drug-likeness (QED) is 0.650. The highest BCUT2D eigenvalue weighted by Gasteiger charge is 2.29. The van der Waals surface area contributed by atoms with Gasteiger partial charge in [0.2, 0.25) is 0 Å². The zero-order chi connectivity index (χ0) is 19.1. The molecule has 1 saturated heterocycles. The Morgan fingerprint density at radius 3 is 2.67 bits per heavy atom. The van der Waals surface area contributed by atoms with E-state index in [0.717, 1.165) is 15.2 Å². The number of aliphatic hydroxyl groups is 1. The largest absolute Gasteiger partial charge is 0.391 e. The molecule has 1 aliphatic rings. The topological polar surface area (TPSA) is 118 Å². The number of rotatable bonds is 4. The molecule has 0 spiro atoms. The molecule has 2 aromatic heterocycles. The van der Waals surface area contributed by atoms with Crippen molar-refractivity contribution in [3.63, 3.8) is 0 Å². The average Bonchev–Trinajstić information content (AvgIpc) is 3.32. The molecule has 10 nitrogen and oxygen atoms in total. The molecule has 3 aromatic rings. The lowest BCUT2D eigenvalue weighted by Crippen LogP contribution is -2.31. The summed E-state index contributed by atoms with van der Waals surface area (Å²) in [5.41, 5.74) is 0.0986. The number of fused-ring (bicyclic) bond motifs is 1. The first-order valence-corrected chi connectivity index (χ1v) is 7.92. The number of hydrogen-bond donors (Lipinski definition) is 2. The van der Waals surface area contributed by atoms with Gasteiger partial charge in [-0.2, -0.15) is 0 Å². The van der Waals surface area contributed by atoms with E-state index in [1.165, 1.54) is 30.5 Å². The Kier molecular flexibility index (Phi) is 4.18. The fourth-order valence-corrected chi connectivity index (χ4v) is 2.84. The maximum atomic E-state index is 14.5. The second-order valence-electron chi connectivity index (χ2n) is 5.84. The Bertz CT molecular complexity index is 1080. The Balaban J connectivity index is 1.76. The van der Waals surface area contributed by atoms with Crippen LogP contribution in [0.2, 0.25) is 0 Å². The molecule has 27 heavy (non-hydrogen) atoms. The highest BCUT2D eigenvalue weighted by Crippen LogP contribution is 2.24. The fraction of sp³-hybridized carbons (Fsp3) is 0.250. The summed E-state index contributed by atoms with van der Waals surface area (Å²) in [5.74, 6) is -0.741. The van der Waals surface area contributed by atoms with Crippen molar-refractivity contribution in [2.45, 2.75) is 12.5 Å². The monoisotopic (exact) mass is 377 g/mol. The molecule has 0 saturated carbocycles. The lowest BCUT2D eigenvalue weighted by molar-refractivity contribution is -0.729. The zero-order valence-corrected chi connectivity index (χ0v) is 13.7. The number of benzene rings is 1. The predicted molar refractivity (Wildman–Crippen MR) is 86.9 cm³/mol. The molecule has 2 N–H and O–H groups in total. The Hall–Kier alpha value is -3.15. The van der Waals surface area contributed by atoms with Crippen molar-refractivity contribution in [3.8, 4) is 11.3 Å². The summed E-state index contributed by atoms with van der Waals surface area (Å²) in [6.07, 6.45) is 0.599. The second-order valence-corrected chi connectivity index (χ2v) is 5.84. The molecular weight excluding hydrogens is 363 g/mol. The van der Waals surface area contributed by atoms with Crippen molar-refractivity contribution in [2.24, 2.45) is 0 Å². The van der Waals surface area contributed by atoms with E-state index in [4.69, 9.17) is 19.8 Å². The van der Waals surface area contributed by atoms with Crippen LogP contribution in [0.4, 0.5) is 10.1 Å². The van der Waals surface area contributed by atoms with Crippen LogP contribution in [0, 0.1) is 10.7 Å². The van der Waals surface area contributed by atoms with Crippen LogP contribution in [0.3, 0.4) is 0 Å². The zero-order valence-electron chi connectivity index (χ0n) is 13.7. The van der Waals surface area contributed by atoms with Gasteiger partial charge in [-0.05, 0) is 12.1 Å². The van der Waals surface area contributed by atoms with E-state index in [1.807, 2.05) is 0 Å². The first-order chi connectivity index (χ1) is 13.0. The summed E-state index contributed by atoms with van der Waals surface area (Å²) in [7, 11) is 0. The van der Waals surface area contributed by atoms with Gasteiger partial charge in [-0.25, -0.2) is 23.8 Å². The van der Waals surface area contributed by atoms with E-state index < -0.39 is 24.0 Å². The van der Waals surface area contributed by atoms with Gasteiger partial charge >= 0.3 is 11.4 Å². The van der Waals surface area contributed by atoms with Gasteiger partial charge in [0.25, 0.3) is 4.92 Å². The number of ether oxygens (including phenoxy) is 2. The highest BCUT2D eigenvalue weighted by atomic mass is 19.1. The summed E-state index contributed by atoms with van der Waals surface area (Å²) in [5, 5.41) is 17.9. The van der Waals surface area contributed by atoms with Crippen molar-refractivity contribution in [2.75, 3.05) is 13.2 Å². The third kappa shape index (κ3) is 2.97. The van der Waals surface area contributed by atoms with Crippen molar-refractivity contribution >= 4 is 11.3 Å². The van der Waals surface area contributed by atoms with Crippen molar-refractivity contribution in [1.82, 2.24) is 14.0 Å². The molecule has 3 heterocycles. The van der Waals surface area contributed by atoms with Crippen LogP contribution in [0.1, 0.15) is 6.23 Å². The first-order valence-electron chi connectivity index (χ1n) is 7.92. The number of aromatic nitrogens is 3. The Morgan fingerprint density at radius 2 is 2.04 bits per heavy atom. The molecule has 0 radical (unpaired) electrons. The Morgan fingerprint density at radius 1 is 1.30 bits per heavy atom. The van der Waals surface area contributed by atoms with Gasteiger partial charge < -0.3 is 14.6 Å². The van der Waals surface area contributed by atoms with E-state index in [9.17, 15) is 14.1 Å². The maximum Gasteiger partial charge on any atom is 0.336 e. The van der Waals surface area contributed by atoms with Crippen LogP contribution >= 0.6 is 0 Å². The molecule has 0 aliphatic carbocycles. The molecule has 140 valence electrons. The van der Waals surface area contributed by atoms with Crippen LogP contribution in [-0.2, 0) is 9.47 Å². The molecular formula is C16H14FN4O6+. The minimum Gasteiger partial charge on any atom is -0.391 e. The number of nitrogens with zero attached hydrogens (tertiary/aromatic N) is 4. The number of halogens is 1. The van der Waals surface area contributed by atoms with E-state index >= 15 is 0 Å². The highest BCUT2D eigenvalue weighted by molar-refractivity contribution is 5.63. The smallest absolute Gasteiger partial charge is 0.336 e. The molecule has 0 unspecified atom stereocenters. The average molecular weight is 377 g/mol. The molecule has 1 aromatic carbocycles. The standard InChI is InChI=1S/C16H14FN4O6/c17-11-5-19(13-8-26-14(7-22)27-13)16(23)20-6-12(18-15(11)20)9-1-3-10(4-2-9)21(24)25/h1-6,13-14,22H,7-8H2,(H,24,25)/q+1/t13-,14+/m0/s1. The summed E-state index contributed by atoms with van der Waals surface area (Å²) < 4.78 is 27.1. The molecule has 4 rings (SSSR count). The summed E-state index contributed by atoms with van der Waals surface area (Å²) in [6, 6.07) is 5.74. The van der Waals surface area contributed by atoms with E-state index in [1.54, 1.807) is 0 Å². The SMILES string of the molecule is O=c1n([C@@H]2CO[C@@H](CO)O2)cc(F)c2nc(-c3ccc([N+](=O)O)cc3)cn12. The molecule has 2 atom stereocenters. The third-order valence-corrected chi connectivity index (χ3v) is 4.18. The van der Waals surface area contributed by atoms with Gasteiger partial charge in [-0.15, -0.1) is 0 Å². The summed E-state index contributed by atoms with van der Waals surface area (Å²) in [6.45, 7) is -0.387. The molecule has 11 heteroatoms. The second kappa shape index (κ2) is 6.54. The third-order valence-electron chi connectivity index (χ3n) is 4.18. The van der Waals surface area contributed by atoms with Gasteiger partial charge in [0.05, 0.1) is 30.0 Å². The van der Waals surface area contributed by atoms with Crippen molar-refractivity contribution < 1.29 is 29.1 Å². The van der Waals surface area contributed by atoms with Crippen molar-refractivity contribution in [1.29, 1.82) is 0 Å². The van der Waals surface area contributed by atoms with Gasteiger partial charge in [0.15, 0.2) is 24.0 Å². The lowest BCUT2D eigenvalue weighted by atomic mass is 10.1. The molecule has 1 aliphatic heterocycles. The van der Waals surface area contributed by atoms with E-state index in [-0.39, 0.29) is 29.5 Å². The van der Waals surface area contributed by atoms with Crippen molar-refractivity contribution in [3.05, 3.63) is 57.9 Å². The van der Waals surface area contributed by atoms with Crippen LogP contribution in [0.15, 0.2) is 41.5 Å². The van der Waals surface area contributed by atoms with Gasteiger partial charge in [-0.1, -0.05) is 0 Å². The minimum atomic E-state index is -0.871. The lowest BCUT2D eigenvalue weighted by Gasteiger charge is -2.13. The molecule has 0 amide bonds. The predicted octanol–water partition coefficient (Wildman–Crippen LogP) is 0.966. The van der Waals surface area contributed by atoms with E-state index in [2.05, 4.69) is 4.98 Å². The normalized spacial score (nSPS) is 19.6. The van der Waals surface area contributed by atoms with Crippen LogP contribution in [0.5, 0.6) is 0 Å². The number of aliphatic hydroxyl groups excluding tert-OH is 1. The number of imidazole rings is 1. The summed E-state index contributed by atoms with van der Waals surface area (Å²) >= 11 is 0. The maximum absolute atomic E-state index is 14.5. The van der Waals surface area contributed by atoms with Gasteiger partial charge in [0.1, 0.15) is 0 Å². The van der Waals surface area contributed by atoms with Crippen LogP contribution < -0.4 is 5.69 Å². The molecule has 0 bridgehead atoms. The van der Waals surface area contributed by atoms with Gasteiger partial charge in [0, 0.05) is 23.9 Å². The fourth-order valence-electron chi connectivity index (χ4n) is 2.84. The van der Waals surface area contributed by atoms with Crippen LogP contribution in [0.25, 0.3) is 16.9 Å². The van der Waals surface area contributed by atoms with Gasteiger partial charge in [-0.3, -0.25) is 4.57 Å². The van der Waals surface area contributed by atoms with Crippen LogP contribution in [-0.4, -0.2) is 48.7 Å². The van der Waals surface area contributed by atoms with E-state index in [0.29, 0.717) is 11.3 Å². The Labute approximate surface area is 150 Å². The summed E-state index contributed by atoms with van der Waals surface area (Å²) in [4.78, 5) is 27.4. The minimum absolute atomic E-state index is 0.00798. The number of hydrogen-bond acceptors (Lipinski definition) is 6. The first kappa shape index (κ1) is 17.3. The molecule has 1 fully saturated rings.